The third kappa shape index (κ3) is 4.46. The molecule has 3 aromatic rings. The fraction of sp³-hybridized carbons (Fsp3) is 0.100. The molecule has 0 atom stereocenters. The molecule has 0 radical (unpaired) electrons. The van der Waals surface area contributed by atoms with Crippen molar-refractivity contribution in [1.29, 1.82) is 0 Å². The van der Waals surface area contributed by atoms with Crippen molar-refractivity contribution in [2.75, 3.05) is 4.72 Å². The van der Waals surface area contributed by atoms with Crippen LogP contribution in [0.15, 0.2) is 77.7 Å². The van der Waals surface area contributed by atoms with Crippen molar-refractivity contribution in [1.82, 2.24) is 0 Å². The van der Waals surface area contributed by atoms with Gasteiger partial charge in [-0.15, -0.1) is 0 Å². The summed E-state index contributed by atoms with van der Waals surface area (Å²) in [4.78, 5) is 0.143. The Bertz CT molecular complexity index is 982. The minimum Gasteiger partial charge on any atom is -0.457 e. The van der Waals surface area contributed by atoms with Crippen LogP contribution in [0.25, 0.3) is 0 Å². The number of hydrogen-bond acceptors (Lipinski definition) is 5. The molecule has 0 saturated carbocycles. The summed E-state index contributed by atoms with van der Waals surface area (Å²) in [5.74, 6) is 1.12. The van der Waals surface area contributed by atoms with E-state index in [1.807, 2.05) is 24.3 Å². The van der Waals surface area contributed by atoms with Gasteiger partial charge in [0.15, 0.2) is 0 Å². The number of sulfonamides is 1. The highest BCUT2D eigenvalue weighted by Crippen LogP contribution is 2.30. The average molecular weight is 383 g/mol. The van der Waals surface area contributed by atoms with Crippen molar-refractivity contribution in [3.05, 3.63) is 83.9 Å². The van der Waals surface area contributed by atoms with Crippen molar-refractivity contribution in [2.24, 2.45) is 11.5 Å². The largest absolute Gasteiger partial charge is 0.457 e. The standard InChI is InChI=1S/C20H21N3O3S/c21-13-15-5-4-6-16(14-22)20(15)26-18-9-11-19(12-10-18)27(24,25)23-17-7-2-1-3-8-17/h1-12,23H,13-14,21-22H2. The minimum absolute atomic E-state index is 0.143. The lowest BCUT2D eigenvalue weighted by atomic mass is 10.1. The number of anilines is 1. The predicted molar refractivity (Wildman–Crippen MR) is 106 cm³/mol. The van der Waals surface area contributed by atoms with Gasteiger partial charge in [0.2, 0.25) is 0 Å². The second-order valence-electron chi connectivity index (χ2n) is 5.86. The van der Waals surface area contributed by atoms with E-state index in [0.29, 0.717) is 30.3 Å². The monoisotopic (exact) mass is 383 g/mol. The maximum atomic E-state index is 12.5. The summed E-state index contributed by atoms with van der Waals surface area (Å²) in [6, 6.07) is 20.5. The van der Waals surface area contributed by atoms with Crippen molar-refractivity contribution in [3.8, 4) is 11.5 Å². The summed E-state index contributed by atoms with van der Waals surface area (Å²) in [6.07, 6.45) is 0. The van der Waals surface area contributed by atoms with Gasteiger partial charge < -0.3 is 16.2 Å². The number of nitrogens with two attached hydrogens (primary N) is 2. The average Bonchev–Trinajstić information content (AvgIpc) is 2.69. The first-order valence-electron chi connectivity index (χ1n) is 8.40. The highest BCUT2D eigenvalue weighted by molar-refractivity contribution is 7.92. The molecule has 5 N–H and O–H groups in total. The Morgan fingerprint density at radius 3 is 1.93 bits per heavy atom. The zero-order chi connectivity index (χ0) is 19.3. The zero-order valence-corrected chi connectivity index (χ0v) is 15.4. The molecule has 0 amide bonds. The van der Waals surface area contributed by atoms with Crippen molar-refractivity contribution >= 4 is 15.7 Å². The molecule has 0 bridgehead atoms. The van der Waals surface area contributed by atoms with E-state index >= 15 is 0 Å². The Morgan fingerprint density at radius 2 is 1.37 bits per heavy atom. The van der Waals surface area contributed by atoms with Crippen LogP contribution in [0.5, 0.6) is 11.5 Å². The molecule has 3 aromatic carbocycles. The van der Waals surface area contributed by atoms with Crippen LogP contribution in [0.2, 0.25) is 0 Å². The summed E-state index contributed by atoms with van der Waals surface area (Å²) >= 11 is 0. The molecule has 0 unspecified atom stereocenters. The van der Waals surface area contributed by atoms with Gasteiger partial charge in [-0.1, -0.05) is 36.4 Å². The lowest BCUT2D eigenvalue weighted by Gasteiger charge is -2.14. The number of ether oxygens (including phenoxy) is 1. The highest BCUT2D eigenvalue weighted by Gasteiger charge is 2.15. The van der Waals surface area contributed by atoms with E-state index in [9.17, 15) is 8.42 Å². The van der Waals surface area contributed by atoms with Crippen molar-refractivity contribution in [3.63, 3.8) is 0 Å². The Labute approximate surface area is 158 Å². The molecule has 0 aliphatic heterocycles. The minimum atomic E-state index is -3.67. The van der Waals surface area contributed by atoms with Crippen molar-refractivity contribution in [2.45, 2.75) is 18.0 Å². The lowest BCUT2D eigenvalue weighted by molar-refractivity contribution is 0.469. The van der Waals surface area contributed by atoms with Gasteiger partial charge in [0, 0.05) is 29.9 Å². The first-order valence-corrected chi connectivity index (χ1v) is 9.88. The molecule has 6 nitrogen and oxygen atoms in total. The summed E-state index contributed by atoms with van der Waals surface area (Å²) in [5, 5.41) is 0. The Kier molecular flexibility index (Phi) is 5.75. The molecule has 7 heteroatoms. The first kappa shape index (κ1) is 18.9. The first-order chi connectivity index (χ1) is 13.0. The van der Waals surface area contributed by atoms with E-state index in [4.69, 9.17) is 16.2 Å². The zero-order valence-electron chi connectivity index (χ0n) is 14.6. The summed E-state index contributed by atoms with van der Waals surface area (Å²) in [6.45, 7) is 0.632. The summed E-state index contributed by atoms with van der Waals surface area (Å²) in [7, 11) is -3.67. The molecule has 0 saturated heterocycles. The molecule has 27 heavy (non-hydrogen) atoms. The Hall–Kier alpha value is -2.87. The van der Waals surface area contributed by atoms with Gasteiger partial charge >= 0.3 is 0 Å². The lowest BCUT2D eigenvalue weighted by Crippen LogP contribution is -2.12. The Balaban J connectivity index is 1.82. The molecule has 140 valence electrons. The number of rotatable bonds is 7. The maximum absolute atomic E-state index is 12.5. The number of benzene rings is 3. The van der Waals surface area contributed by atoms with E-state index in [1.165, 1.54) is 12.1 Å². The second kappa shape index (κ2) is 8.22. The summed E-state index contributed by atoms with van der Waals surface area (Å²) < 4.78 is 33.4. The SMILES string of the molecule is NCc1cccc(CN)c1Oc1ccc(S(=O)(=O)Nc2ccccc2)cc1. The Morgan fingerprint density at radius 1 is 0.778 bits per heavy atom. The van der Waals surface area contributed by atoms with E-state index < -0.39 is 10.0 Å². The molecule has 3 rings (SSSR count). The normalized spacial score (nSPS) is 11.2. The van der Waals surface area contributed by atoms with E-state index in [1.54, 1.807) is 36.4 Å². The van der Waals surface area contributed by atoms with E-state index in [0.717, 1.165) is 11.1 Å². The third-order valence-corrected chi connectivity index (χ3v) is 5.40. The van der Waals surface area contributed by atoms with Gasteiger partial charge in [0.1, 0.15) is 11.5 Å². The van der Waals surface area contributed by atoms with Crippen LogP contribution in [-0.2, 0) is 23.1 Å². The van der Waals surface area contributed by atoms with Gasteiger partial charge in [-0.05, 0) is 36.4 Å². The van der Waals surface area contributed by atoms with Crippen LogP contribution in [0.1, 0.15) is 11.1 Å². The molecule has 0 fully saturated rings. The topological polar surface area (TPSA) is 107 Å². The fourth-order valence-corrected chi connectivity index (χ4v) is 3.67. The van der Waals surface area contributed by atoms with E-state index in [-0.39, 0.29) is 4.90 Å². The van der Waals surface area contributed by atoms with Gasteiger partial charge in [-0.25, -0.2) is 8.42 Å². The van der Waals surface area contributed by atoms with Crippen LogP contribution >= 0.6 is 0 Å². The fourth-order valence-electron chi connectivity index (χ4n) is 2.62. The van der Waals surface area contributed by atoms with Gasteiger partial charge in [-0.2, -0.15) is 0 Å². The molecular formula is C20H21N3O3S. The number of para-hydroxylation sites is 2. The van der Waals surface area contributed by atoms with Gasteiger partial charge in [0.25, 0.3) is 10.0 Å². The highest BCUT2D eigenvalue weighted by atomic mass is 32.2. The smallest absolute Gasteiger partial charge is 0.261 e. The second-order valence-corrected chi connectivity index (χ2v) is 7.54. The van der Waals surface area contributed by atoms with Crippen LogP contribution in [0, 0.1) is 0 Å². The van der Waals surface area contributed by atoms with Gasteiger partial charge in [0.05, 0.1) is 4.90 Å². The van der Waals surface area contributed by atoms with Crippen LogP contribution in [0.3, 0.4) is 0 Å². The molecular weight excluding hydrogens is 362 g/mol. The summed E-state index contributed by atoms with van der Waals surface area (Å²) in [5.41, 5.74) is 13.7. The van der Waals surface area contributed by atoms with Gasteiger partial charge in [-0.3, -0.25) is 4.72 Å². The molecule has 0 aromatic heterocycles. The number of hydrogen-bond donors (Lipinski definition) is 3. The van der Waals surface area contributed by atoms with Crippen LogP contribution in [0.4, 0.5) is 5.69 Å². The predicted octanol–water partition coefficient (Wildman–Crippen LogP) is 3.20. The van der Waals surface area contributed by atoms with Crippen LogP contribution < -0.4 is 20.9 Å². The molecule has 0 heterocycles. The quantitative estimate of drug-likeness (QED) is 0.581. The number of nitrogens with one attached hydrogen (secondary N) is 1. The van der Waals surface area contributed by atoms with Crippen molar-refractivity contribution < 1.29 is 13.2 Å². The van der Waals surface area contributed by atoms with E-state index in [2.05, 4.69) is 4.72 Å². The van der Waals surface area contributed by atoms with Crippen LogP contribution in [-0.4, -0.2) is 8.42 Å². The molecule has 0 aliphatic rings. The molecule has 0 aliphatic carbocycles. The molecule has 0 spiro atoms. The third-order valence-electron chi connectivity index (χ3n) is 4.00. The maximum Gasteiger partial charge on any atom is 0.261 e.